The van der Waals surface area contributed by atoms with Crippen molar-refractivity contribution in [3.63, 3.8) is 0 Å². The lowest BCUT2D eigenvalue weighted by Gasteiger charge is -2.16. The van der Waals surface area contributed by atoms with Crippen LogP contribution in [0.4, 0.5) is 5.69 Å². The van der Waals surface area contributed by atoms with Gasteiger partial charge in [-0.15, -0.1) is 0 Å². The summed E-state index contributed by atoms with van der Waals surface area (Å²) in [5.74, 6) is -0.0170. The standard InChI is InChI=1S/C12H17N3O3S/c1-13-19(17,18)11-6-4-3-5-9(11)14-10-7-8-15(2)12(10)16/h3-6,10,13-14H,7-8H2,1-2H3. The molecule has 6 nitrogen and oxygen atoms in total. The van der Waals surface area contributed by atoms with Crippen molar-refractivity contribution in [3.05, 3.63) is 24.3 Å². The lowest BCUT2D eigenvalue weighted by atomic mass is 10.2. The Balaban J connectivity index is 2.29. The molecule has 0 radical (unpaired) electrons. The number of rotatable bonds is 4. The minimum absolute atomic E-state index is 0.0170. The highest BCUT2D eigenvalue weighted by atomic mass is 32.2. The molecule has 1 aromatic rings. The van der Waals surface area contributed by atoms with Crippen molar-refractivity contribution in [1.82, 2.24) is 9.62 Å². The first-order valence-corrected chi connectivity index (χ1v) is 7.48. The van der Waals surface area contributed by atoms with Crippen molar-refractivity contribution < 1.29 is 13.2 Å². The van der Waals surface area contributed by atoms with Crippen LogP contribution in [0.2, 0.25) is 0 Å². The number of likely N-dealkylation sites (tertiary alicyclic amines) is 1. The van der Waals surface area contributed by atoms with E-state index in [1.807, 2.05) is 0 Å². The van der Waals surface area contributed by atoms with Crippen LogP contribution in [0.15, 0.2) is 29.2 Å². The number of benzene rings is 1. The number of carbonyl (C=O) groups is 1. The monoisotopic (exact) mass is 283 g/mol. The van der Waals surface area contributed by atoms with E-state index in [1.165, 1.54) is 13.1 Å². The van der Waals surface area contributed by atoms with Gasteiger partial charge in [-0.1, -0.05) is 12.1 Å². The number of para-hydroxylation sites is 1. The Bertz CT molecular complexity index is 586. The first-order valence-electron chi connectivity index (χ1n) is 6.00. The molecule has 1 amide bonds. The van der Waals surface area contributed by atoms with E-state index >= 15 is 0 Å². The second-order valence-electron chi connectivity index (χ2n) is 4.45. The summed E-state index contributed by atoms with van der Waals surface area (Å²) in [6.45, 7) is 0.678. The number of sulfonamides is 1. The highest BCUT2D eigenvalue weighted by Gasteiger charge is 2.30. The van der Waals surface area contributed by atoms with Crippen LogP contribution in [0.3, 0.4) is 0 Å². The fraction of sp³-hybridized carbons (Fsp3) is 0.417. The molecule has 0 spiro atoms. The fourth-order valence-electron chi connectivity index (χ4n) is 2.07. The Morgan fingerprint density at radius 2 is 2.00 bits per heavy atom. The number of anilines is 1. The number of hydrogen-bond donors (Lipinski definition) is 2. The van der Waals surface area contributed by atoms with Gasteiger partial charge in [0.25, 0.3) is 0 Å². The van der Waals surface area contributed by atoms with E-state index in [9.17, 15) is 13.2 Å². The number of likely N-dealkylation sites (N-methyl/N-ethyl adjacent to an activating group) is 1. The lowest BCUT2D eigenvalue weighted by molar-refractivity contribution is -0.127. The van der Waals surface area contributed by atoms with Crippen LogP contribution >= 0.6 is 0 Å². The first-order chi connectivity index (χ1) is 8.95. The maximum atomic E-state index is 11.9. The van der Waals surface area contributed by atoms with Crippen LogP contribution in [0, 0.1) is 0 Å². The molecular weight excluding hydrogens is 266 g/mol. The van der Waals surface area contributed by atoms with E-state index in [-0.39, 0.29) is 16.8 Å². The van der Waals surface area contributed by atoms with Gasteiger partial charge >= 0.3 is 0 Å². The zero-order chi connectivity index (χ0) is 14.0. The molecule has 2 rings (SSSR count). The molecule has 1 saturated heterocycles. The zero-order valence-electron chi connectivity index (χ0n) is 10.9. The van der Waals surface area contributed by atoms with E-state index in [1.54, 1.807) is 30.1 Å². The summed E-state index contributed by atoms with van der Waals surface area (Å²) in [5, 5.41) is 3.02. The number of nitrogens with zero attached hydrogens (tertiary/aromatic N) is 1. The summed E-state index contributed by atoms with van der Waals surface area (Å²) in [7, 11) is -0.441. The van der Waals surface area contributed by atoms with E-state index in [0.29, 0.717) is 18.7 Å². The predicted molar refractivity (Wildman–Crippen MR) is 72.4 cm³/mol. The quantitative estimate of drug-likeness (QED) is 0.829. The highest BCUT2D eigenvalue weighted by Crippen LogP contribution is 2.23. The summed E-state index contributed by atoms with van der Waals surface area (Å²) in [6, 6.07) is 6.20. The number of nitrogens with one attached hydrogen (secondary N) is 2. The van der Waals surface area contributed by atoms with Gasteiger partial charge in [-0.3, -0.25) is 4.79 Å². The SMILES string of the molecule is CNS(=O)(=O)c1ccccc1NC1CCN(C)C1=O. The maximum Gasteiger partial charge on any atom is 0.244 e. The summed E-state index contributed by atoms with van der Waals surface area (Å²) in [4.78, 5) is 13.6. The average Bonchev–Trinajstić information content (AvgIpc) is 2.71. The van der Waals surface area contributed by atoms with Crippen LogP contribution in [0.25, 0.3) is 0 Å². The molecule has 0 aliphatic carbocycles. The van der Waals surface area contributed by atoms with Gasteiger partial charge in [0.15, 0.2) is 0 Å². The molecule has 0 saturated carbocycles. The third-order valence-electron chi connectivity index (χ3n) is 3.20. The van der Waals surface area contributed by atoms with Gasteiger partial charge in [-0.25, -0.2) is 13.1 Å². The topological polar surface area (TPSA) is 78.5 Å². The molecule has 1 aromatic carbocycles. The molecule has 0 bridgehead atoms. The van der Waals surface area contributed by atoms with Gasteiger partial charge in [0.1, 0.15) is 10.9 Å². The Morgan fingerprint density at radius 3 is 2.58 bits per heavy atom. The largest absolute Gasteiger partial charge is 0.373 e. The van der Waals surface area contributed by atoms with E-state index in [0.717, 1.165) is 0 Å². The van der Waals surface area contributed by atoms with Gasteiger partial charge < -0.3 is 10.2 Å². The molecule has 1 fully saturated rings. The fourth-order valence-corrected chi connectivity index (χ4v) is 2.97. The Kier molecular flexibility index (Phi) is 3.77. The molecule has 7 heteroatoms. The predicted octanol–water partition coefficient (Wildman–Crippen LogP) is 0.237. The molecule has 1 atom stereocenters. The Labute approximate surface area is 112 Å². The van der Waals surface area contributed by atoms with Gasteiger partial charge in [0.2, 0.25) is 15.9 Å². The van der Waals surface area contributed by atoms with Crippen molar-refractivity contribution >= 4 is 21.6 Å². The van der Waals surface area contributed by atoms with Crippen LogP contribution < -0.4 is 10.0 Å². The van der Waals surface area contributed by atoms with Gasteiger partial charge in [-0.2, -0.15) is 0 Å². The molecule has 1 unspecified atom stereocenters. The van der Waals surface area contributed by atoms with E-state index in [2.05, 4.69) is 10.0 Å². The molecule has 1 aliphatic rings. The van der Waals surface area contributed by atoms with E-state index in [4.69, 9.17) is 0 Å². The molecule has 0 aromatic heterocycles. The molecule has 1 heterocycles. The van der Waals surface area contributed by atoms with Crippen molar-refractivity contribution in [2.75, 3.05) is 26.0 Å². The second kappa shape index (κ2) is 5.18. The Morgan fingerprint density at radius 1 is 1.32 bits per heavy atom. The first kappa shape index (κ1) is 13.8. The molecule has 104 valence electrons. The summed E-state index contributed by atoms with van der Waals surface area (Å²) in [5.41, 5.74) is 0.450. The van der Waals surface area contributed by atoms with Crippen molar-refractivity contribution in [2.45, 2.75) is 17.4 Å². The molecule has 1 aliphatic heterocycles. The Hall–Kier alpha value is -1.60. The normalized spacial score (nSPS) is 19.8. The van der Waals surface area contributed by atoms with Crippen molar-refractivity contribution in [2.24, 2.45) is 0 Å². The lowest BCUT2D eigenvalue weighted by Crippen LogP contribution is -2.31. The van der Waals surface area contributed by atoms with E-state index < -0.39 is 10.0 Å². The summed E-state index contributed by atoms with van der Waals surface area (Å²) in [6.07, 6.45) is 0.670. The molecular formula is C12H17N3O3S. The third kappa shape index (κ3) is 2.71. The molecule has 2 N–H and O–H groups in total. The average molecular weight is 283 g/mol. The summed E-state index contributed by atoms with van der Waals surface area (Å²) < 4.78 is 26.1. The van der Waals surface area contributed by atoms with Gasteiger partial charge in [0, 0.05) is 13.6 Å². The van der Waals surface area contributed by atoms with Crippen LogP contribution in [0.5, 0.6) is 0 Å². The minimum atomic E-state index is -3.54. The number of hydrogen-bond acceptors (Lipinski definition) is 4. The van der Waals surface area contributed by atoms with Crippen LogP contribution in [-0.4, -0.2) is 45.9 Å². The number of carbonyl (C=O) groups excluding carboxylic acids is 1. The zero-order valence-corrected chi connectivity index (χ0v) is 11.7. The maximum absolute atomic E-state index is 11.9. The molecule has 19 heavy (non-hydrogen) atoms. The van der Waals surface area contributed by atoms with Gasteiger partial charge in [0.05, 0.1) is 5.69 Å². The van der Waals surface area contributed by atoms with Crippen molar-refractivity contribution in [3.8, 4) is 0 Å². The third-order valence-corrected chi connectivity index (χ3v) is 4.68. The van der Waals surface area contributed by atoms with Crippen LogP contribution in [0.1, 0.15) is 6.42 Å². The number of amides is 1. The minimum Gasteiger partial charge on any atom is -0.373 e. The van der Waals surface area contributed by atoms with Gasteiger partial charge in [-0.05, 0) is 25.6 Å². The second-order valence-corrected chi connectivity index (χ2v) is 6.30. The highest BCUT2D eigenvalue weighted by molar-refractivity contribution is 7.89. The smallest absolute Gasteiger partial charge is 0.244 e. The van der Waals surface area contributed by atoms with Crippen LogP contribution in [-0.2, 0) is 14.8 Å². The summed E-state index contributed by atoms with van der Waals surface area (Å²) >= 11 is 0. The van der Waals surface area contributed by atoms with Crippen molar-refractivity contribution in [1.29, 1.82) is 0 Å².